The van der Waals surface area contributed by atoms with E-state index in [1.807, 2.05) is 17.0 Å². The van der Waals surface area contributed by atoms with Gasteiger partial charge in [-0.25, -0.2) is 0 Å². The Bertz CT molecular complexity index is 504. The van der Waals surface area contributed by atoms with Crippen molar-refractivity contribution in [1.29, 1.82) is 0 Å². The third-order valence-electron chi connectivity index (χ3n) is 4.82. The zero-order valence-electron chi connectivity index (χ0n) is 13.9. The molecule has 2 aliphatic heterocycles. The monoisotopic (exact) mass is 318 g/mol. The van der Waals surface area contributed by atoms with Gasteiger partial charge in [-0.3, -0.25) is 9.69 Å². The maximum Gasteiger partial charge on any atom is 0.225 e. The molecule has 0 radical (unpaired) electrons. The highest BCUT2D eigenvalue weighted by atomic mass is 16.5. The number of rotatable bonds is 4. The van der Waals surface area contributed by atoms with Gasteiger partial charge in [-0.1, -0.05) is 12.1 Å². The average molecular weight is 318 g/mol. The van der Waals surface area contributed by atoms with Crippen molar-refractivity contribution in [3.8, 4) is 5.75 Å². The van der Waals surface area contributed by atoms with Crippen molar-refractivity contribution in [2.45, 2.75) is 19.4 Å². The predicted molar refractivity (Wildman–Crippen MR) is 88.4 cm³/mol. The van der Waals surface area contributed by atoms with E-state index in [-0.39, 0.29) is 5.92 Å². The lowest BCUT2D eigenvalue weighted by atomic mass is 9.98. The molecule has 2 heterocycles. The first-order valence-corrected chi connectivity index (χ1v) is 8.48. The lowest BCUT2D eigenvalue weighted by molar-refractivity contribution is -0.140. The number of ether oxygens (including phenoxy) is 2. The first kappa shape index (κ1) is 16.3. The van der Waals surface area contributed by atoms with Crippen LogP contribution in [-0.2, 0) is 16.1 Å². The molecule has 2 fully saturated rings. The third kappa shape index (κ3) is 4.24. The van der Waals surface area contributed by atoms with Gasteiger partial charge in [0.05, 0.1) is 7.11 Å². The van der Waals surface area contributed by atoms with Crippen molar-refractivity contribution in [2.75, 3.05) is 46.5 Å². The number of benzene rings is 1. The molecule has 2 aliphatic rings. The molecular weight excluding hydrogens is 292 g/mol. The quantitative estimate of drug-likeness (QED) is 0.848. The van der Waals surface area contributed by atoms with E-state index >= 15 is 0 Å². The van der Waals surface area contributed by atoms with Gasteiger partial charge in [-0.2, -0.15) is 0 Å². The van der Waals surface area contributed by atoms with Crippen LogP contribution in [0.5, 0.6) is 5.75 Å². The molecule has 0 atom stereocenters. The number of methoxy groups -OCH3 is 1. The van der Waals surface area contributed by atoms with Crippen LogP contribution in [0.25, 0.3) is 0 Å². The van der Waals surface area contributed by atoms with Gasteiger partial charge in [0.2, 0.25) is 5.91 Å². The van der Waals surface area contributed by atoms with Crippen molar-refractivity contribution in [2.24, 2.45) is 5.92 Å². The van der Waals surface area contributed by atoms with Crippen molar-refractivity contribution in [3.05, 3.63) is 29.8 Å². The van der Waals surface area contributed by atoms with E-state index in [0.29, 0.717) is 5.91 Å². The predicted octanol–water partition coefficient (Wildman–Crippen LogP) is 1.77. The average Bonchev–Trinajstić information content (AvgIpc) is 2.63. The molecule has 23 heavy (non-hydrogen) atoms. The largest absolute Gasteiger partial charge is 0.497 e. The van der Waals surface area contributed by atoms with Gasteiger partial charge >= 0.3 is 0 Å². The minimum absolute atomic E-state index is 0.178. The second-order valence-corrected chi connectivity index (χ2v) is 6.34. The second kappa shape index (κ2) is 7.79. The van der Waals surface area contributed by atoms with Crippen LogP contribution in [-0.4, -0.2) is 62.2 Å². The second-order valence-electron chi connectivity index (χ2n) is 6.34. The molecule has 0 unspecified atom stereocenters. The van der Waals surface area contributed by atoms with Crippen molar-refractivity contribution >= 4 is 5.91 Å². The van der Waals surface area contributed by atoms with E-state index < -0.39 is 0 Å². The van der Waals surface area contributed by atoms with E-state index in [1.165, 1.54) is 5.56 Å². The number of amides is 1. The first-order valence-electron chi connectivity index (χ1n) is 8.48. The zero-order valence-corrected chi connectivity index (χ0v) is 13.9. The van der Waals surface area contributed by atoms with Crippen LogP contribution in [0.2, 0.25) is 0 Å². The number of piperazine rings is 1. The molecule has 126 valence electrons. The summed E-state index contributed by atoms with van der Waals surface area (Å²) in [4.78, 5) is 17.0. The standard InChI is InChI=1S/C18H26N2O3/c1-22-17-4-2-15(3-5-17)14-19-8-10-20(11-9-19)18(21)16-6-12-23-13-7-16/h2-5,16H,6-14H2,1H3. The van der Waals surface area contributed by atoms with E-state index in [1.54, 1.807) is 7.11 Å². The summed E-state index contributed by atoms with van der Waals surface area (Å²) in [6, 6.07) is 8.22. The highest BCUT2D eigenvalue weighted by molar-refractivity contribution is 5.79. The van der Waals surface area contributed by atoms with Gasteiger partial charge in [0.25, 0.3) is 0 Å². The fourth-order valence-electron chi connectivity index (χ4n) is 3.32. The van der Waals surface area contributed by atoms with Crippen molar-refractivity contribution < 1.29 is 14.3 Å². The Morgan fingerprint density at radius 1 is 1.13 bits per heavy atom. The Hall–Kier alpha value is -1.59. The normalized spacial score (nSPS) is 20.5. The molecule has 1 amide bonds. The highest BCUT2D eigenvalue weighted by Crippen LogP contribution is 2.19. The molecule has 3 rings (SSSR count). The Labute approximate surface area is 138 Å². The highest BCUT2D eigenvalue weighted by Gasteiger charge is 2.28. The lowest BCUT2D eigenvalue weighted by Crippen LogP contribution is -2.50. The summed E-state index contributed by atoms with van der Waals surface area (Å²) >= 11 is 0. The summed E-state index contributed by atoms with van der Waals surface area (Å²) in [5, 5.41) is 0. The van der Waals surface area contributed by atoms with Crippen LogP contribution >= 0.6 is 0 Å². The number of hydrogen-bond acceptors (Lipinski definition) is 4. The fraction of sp³-hybridized carbons (Fsp3) is 0.611. The molecule has 5 heteroatoms. The molecule has 2 saturated heterocycles. The molecule has 5 nitrogen and oxygen atoms in total. The van der Waals surface area contributed by atoms with Crippen molar-refractivity contribution in [1.82, 2.24) is 9.80 Å². The van der Waals surface area contributed by atoms with Gasteiger partial charge in [0.1, 0.15) is 5.75 Å². The van der Waals surface area contributed by atoms with E-state index in [2.05, 4.69) is 17.0 Å². The summed E-state index contributed by atoms with van der Waals surface area (Å²) in [5.41, 5.74) is 1.29. The SMILES string of the molecule is COc1ccc(CN2CCN(C(=O)C3CCOCC3)CC2)cc1. The van der Waals surface area contributed by atoms with E-state index in [9.17, 15) is 4.79 Å². The minimum Gasteiger partial charge on any atom is -0.497 e. The van der Waals surface area contributed by atoms with Crippen LogP contribution in [0.1, 0.15) is 18.4 Å². The number of hydrogen-bond donors (Lipinski definition) is 0. The number of carbonyl (C=O) groups is 1. The topological polar surface area (TPSA) is 42.0 Å². The van der Waals surface area contributed by atoms with Crippen LogP contribution in [0.4, 0.5) is 0 Å². The van der Waals surface area contributed by atoms with Gasteiger partial charge < -0.3 is 14.4 Å². The first-order chi connectivity index (χ1) is 11.3. The van der Waals surface area contributed by atoms with E-state index in [4.69, 9.17) is 9.47 Å². The van der Waals surface area contributed by atoms with Gasteiger partial charge in [-0.05, 0) is 30.5 Å². The molecule has 0 saturated carbocycles. The summed E-state index contributed by atoms with van der Waals surface area (Å²) in [6.45, 7) is 5.96. The number of nitrogens with zero attached hydrogens (tertiary/aromatic N) is 2. The molecular formula is C18H26N2O3. The maximum absolute atomic E-state index is 12.5. The Morgan fingerprint density at radius 3 is 2.39 bits per heavy atom. The maximum atomic E-state index is 12.5. The fourth-order valence-corrected chi connectivity index (χ4v) is 3.32. The molecule has 0 aromatic heterocycles. The lowest BCUT2D eigenvalue weighted by Gasteiger charge is -2.37. The van der Waals surface area contributed by atoms with Crippen LogP contribution in [0, 0.1) is 5.92 Å². The molecule has 0 N–H and O–H groups in total. The zero-order chi connectivity index (χ0) is 16.1. The number of carbonyl (C=O) groups excluding carboxylic acids is 1. The van der Waals surface area contributed by atoms with Gasteiger partial charge in [0, 0.05) is 51.9 Å². The van der Waals surface area contributed by atoms with Crippen LogP contribution < -0.4 is 4.74 Å². The summed E-state index contributed by atoms with van der Waals surface area (Å²) in [5.74, 6) is 1.40. The Kier molecular flexibility index (Phi) is 5.51. The molecule has 0 spiro atoms. The summed E-state index contributed by atoms with van der Waals surface area (Å²) in [7, 11) is 1.68. The summed E-state index contributed by atoms with van der Waals surface area (Å²) in [6.07, 6.45) is 1.76. The molecule has 1 aromatic rings. The molecule has 0 aliphatic carbocycles. The Balaban J connectivity index is 1.46. The Morgan fingerprint density at radius 2 is 1.78 bits per heavy atom. The van der Waals surface area contributed by atoms with Crippen molar-refractivity contribution in [3.63, 3.8) is 0 Å². The summed E-state index contributed by atoms with van der Waals surface area (Å²) < 4.78 is 10.5. The van der Waals surface area contributed by atoms with E-state index in [0.717, 1.165) is 64.5 Å². The molecule has 0 bridgehead atoms. The molecule has 1 aromatic carbocycles. The van der Waals surface area contributed by atoms with Gasteiger partial charge in [-0.15, -0.1) is 0 Å². The van der Waals surface area contributed by atoms with Crippen LogP contribution in [0.15, 0.2) is 24.3 Å². The third-order valence-corrected chi connectivity index (χ3v) is 4.82. The minimum atomic E-state index is 0.178. The van der Waals surface area contributed by atoms with Crippen LogP contribution in [0.3, 0.4) is 0 Å². The smallest absolute Gasteiger partial charge is 0.225 e. The van der Waals surface area contributed by atoms with Gasteiger partial charge in [0.15, 0.2) is 0 Å².